The lowest BCUT2D eigenvalue weighted by atomic mass is 10.2. The molecule has 0 fully saturated rings. The Labute approximate surface area is 179 Å². The van der Waals surface area contributed by atoms with Crippen LogP contribution in [-0.4, -0.2) is 20.9 Å². The van der Waals surface area contributed by atoms with Crippen LogP contribution >= 0.6 is 11.6 Å². The zero-order chi connectivity index (χ0) is 21.3. The summed E-state index contributed by atoms with van der Waals surface area (Å²) in [5, 5.41) is 11.6. The van der Waals surface area contributed by atoms with Gasteiger partial charge in [0.05, 0.1) is 22.3 Å². The van der Waals surface area contributed by atoms with Crippen molar-refractivity contribution in [3.05, 3.63) is 88.4 Å². The lowest BCUT2D eigenvalue weighted by molar-refractivity contribution is 0.102. The number of para-hydroxylation sites is 1. The lowest BCUT2D eigenvalue weighted by Gasteiger charge is -2.20. The van der Waals surface area contributed by atoms with E-state index in [0.29, 0.717) is 29.9 Å². The lowest BCUT2D eigenvalue weighted by Crippen LogP contribution is -2.29. The van der Waals surface area contributed by atoms with Gasteiger partial charge >= 0.3 is 0 Å². The van der Waals surface area contributed by atoms with E-state index in [2.05, 4.69) is 5.32 Å². The SMILES string of the molecule is N#Cc1ccc(NC(=O)c2ccc(Cl)c(S(=O)(=O)N3CCc4ccccc43)c2)cc1. The smallest absolute Gasteiger partial charge is 0.265 e. The molecular weight excluding hydrogens is 422 g/mol. The van der Waals surface area contributed by atoms with Crippen LogP contribution in [0.2, 0.25) is 5.02 Å². The maximum Gasteiger partial charge on any atom is 0.265 e. The van der Waals surface area contributed by atoms with E-state index in [4.69, 9.17) is 16.9 Å². The van der Waals surface area contributed by atoms with Crippen LogP contribution in [-0.2, 0) is 16.4 Å². The van der Waals surface area contributed by atoms with Crippen LogP contribution in [0, 0.1) is 11.3 Å². The highest BCUT2D eigenvalue weighted by Crippen LogP contribution is 2.35. The number of carbonyl (C=O) groups is 1. The summed E-state index contributed by atoms with van der Waals surface area (Å²) in [7, 11) is -3.94. The summed E-state index contributed by atoms with van der Waals surface area (Å²) in [6, 6.07) is 19.9. The molecule has 30 heavy (non-hydrogen) atoms. The molecular formula is C22H16ClN3O3S. The van der Waals surface area contributed by atoms with Crippen molar-refractivity contribution in [2.75, 3.05) is 16.2 Å². The molecule has 1 aliphatic rings. The average Bonchev–Trinajstić information content (AvgIpc) is 3.19. The summed E-state index contributed by atoms with van der Waals surface area (Å²) in [5.41, 5.74) is 2.70. The molecule has 1 aliphatic heterocycles. The van der Waals surface area contributed by atoms with Crippen LogP contribution in [0.5, 0.6) is 0 Å². The van der Waals surface area contributed by atoms with Crippen LogP contribution < -0.4 is 9.62 Å². The molecule has 0 aromatic heterocycles. The predicted molar refractivity (Wildman–Crippen MR) is 115 cm³/mol. The zero-order valence-electron chi connectivity index (χ0n) is 15.7. The number of hydrogen-bond donors (Lipinski definition) is 1. The number of rotatable bonds is 4. The van der Waals surface area contributed by atoms with Crippen molar-refractivity contribution in [2.45, 2.75) is 11.3 Å². The van der Waals surface area contributed by atoms with Crippen LogP contribution in [0.15, 0.2) is 71.6 Å². The molecule has 0 bridgehead atoms. The Morgan fingerprint density at radius 3 is 2.53 bits per heavy atom. The first-order chi connectivity index (χ1) is 14.4. The molecule has 1 heterocycles. The number of benzene rings is 3. The van der Waals surface area contributed by atoms with Gasteiger partial charge in [0.1, 0.15) is 4.90 Å². The van der Waals surface area contributed by atoms with Crippen molar-refractivity contribution in [1.29, 1.82) is 5.26 Å². The van der Waals surface area contributed by atoms with Crippen LogP contribution in [0.3, 0.4) is 0 Å². The first-order valence-corrected chi connectivity index (χ1v) is 10.9. The van der Waals surface area contributed by atoms with E-state index < -0.39 is 15.9 Å². The zero-order valence-corrected chi connectivity index (χ0v) is 17.2. The van der Waals surface area contributed by atoms with Crippen molar-refractivity contribution in [1.82, 2.24) is 0 Å². The number of nitrogens with zero attached hydrogens (tertiary/aromatic N) is 2. The highest BCUT2D eigenvalue weighted by molar-refractivity contribution is 7.93. The van der Waals surface area contributed by atoms with Gasteiger partial charge in [-0.05, 0) is 60.5 Å². The largest absolute Gasteiger partial charge is 0.322 e. The fourth-order valence-electron chi connectivity index (χ4n) is 3.35. The number of fused-ring (bicyclic) bond motifs is 1. The van der Waals surface area contributed by atoms with E-state index in [-0.39, 0.29) is 15.5 Å². The van der Waals surface area contributed by atoms with Crippen molar-refractivity contribution in [3.8, 4) is 6.07 Å². The van der Waals surface area contributed by atoms with Crippen molar-refractivity contribution >= 4 is 38.9 Å². The van der Waals surface area contributed by atoms with Gasteiger partial charge in [-0.2, -0.15) is 5.26 Å². The molecule has 1 amide bonds. The van der Waals surface area contributed by atoms with E-state index in [1.54, 1.807) is 36.4 Å². The summed E-state index contributed by atoms with van der Waals surface area (Å²) >= 11 is 6.22. The molecule has 0 saturated heterocycles. The Kier molecular flexibility index (Phi) is 5.20. The number of halogens is 1. The van der Waals surface area contributed by atoms with E-state index >= 15 is 0 Å². The predicted octanol–water partition coefficient (Wildman–Crippen LogP) is 4.22. The van der Waals surface area contributed by atoms with E-state index in [9.17, 15) is 13.2 Å². The van der Waals surface area contributed by atoms with Crippen LogP contribution in [0.4, 0.5) is 11.4 Å². The first kappa shape index (κ1) is 20.0. The third kappa shape index (κ3) is 3.63. The first-order valence-electron chi connectivity index (χ1n) is 9.12. The number of hydrogen-bond acceptors (Lipinski definition) is 4. The minimum atomic E-state index is -3.94. The Bertz CT molecular complexity index is 1280. The van der Waals surface area contributed by atoms with E-state index in [0.717, 1.165) is 5.56 Å². The molecule has 0 aliphatic carbocycles. The van der Waals surface area contributed by atoms with Gasteiger partial charge in [-0.15, -0.1) is 0 Å². The number of anilines is 2. The molecule has 8 heteroatoms. The van der Waals surface area contributed by atoms with E-state index in [1.165, 1.54) is 22.5 Å². The minimum Gasteiger partial charge on any atom is -0.322 e. The Morgan fingerprint density at radius 1 is 1.07 bits per heavy atom. The molecule has 4 rings (SSSR count). The molecule has 3 aromatic rings. The van der Waals surface area contributed by atoms with Crippen molar-refractivity contribution in [3.63, 3.8) is 0 Å². The highest BCUT2D eigenvalue weighted by atomic mass is 35.5. The molecule has 0 atom stereocenters. The molecule has 3 aromatic carbocycles. The Morgan fingerprint density at radius 2 is 1.80 bits per heavy atom. The summed E-state index contributed by atoms with van der Waals surface area (Å²) in [4.78, 5) is 12.5. The summed E-state index contributed by atoms with van der Waals surface area (Å²) in [5.74, 6) is -0.477. The highest BCUT2D eigenvalue weighted by Gasteiger charge is 2.32. The van der Waals surface area contributed by atoms with Gasteiger partial charge in [-0.25, -0.2) is 8.42 Å². The van der Waals surface area contributed by atoms with Crippen molar-refractivity contribution in [2.24, 2.45) is 0 Å². The third-order valence-corrected chi connectivity index (χ3v) is 7.17. The van der Waals surface area contributed by atoms with Gasteiger partial charge in [0, 0.05) is 17.8 Å². The topological polar surface area (TPSA) is 90.3 Å². The van der Waals surface area contributed by atoms with Gasteiger partial charge in [-0.1, -0.05) is 29.8 Å². The van der Waals surface area contributed by atoms with Gasteiger partial charge in [0.15, 0.2) is 0 Å². The number of sulfonamides is 1. The number of carbonyl (C=O) groups excluding carboxylic acids is 1. The Hall–Kier alpha value is -3.34. The van der Waals surface area contributed by atoms with Gasteiger partial charge in [-0.3, -0.25) is 9.10 Å². The van der Waals surface area contributed by atoms with Gasteiger partial charge in [0.25, 0.3) is 15.9 Å². The normalized spacial score (nSPS) is 12.9. The molecule has 0 radical (unpaired) electrons. The molecule has 0 unspecified atom stereocenters. The van der Waals surface area contributed by atoms with Gasteiger partial charge < -0.3 is 5.32 Å². The summed E-state index contributed by atoms with van der Waals surface area (Å²) in [6.07, 6.45) is 0.617. The van der Waals surface area contributed by atoms with E-state index in [1.807, 2.05) is 18.2 Å². The monoisotopic (exact) mass is 437 g/mol. The molecule has 150 valence electrons. The van der Waals surface area contributed by atoms with Gasteiger partial charge in [0.2, 0.25) is 0 Å². The Balaban J connectivity index is 1.65. The summed E-state index contributed by atoms with van der Waals surface area (Å²) in [6.45, 7) is 0.319. The maximum atomic E-state index is 13.3. The van der Waals surface area contributed by atoms with Crippen LogP contribution in [0.1, 0.15) is 21.5 Å². The average molecular weight is 438 g/mol. The minimum absolute atomic E-state index is 0.0503. The third-order valence-electron chi connectivity index (χ3n) is 4.88. The van der Waals surface area contributed by atoms with Crippen molar-refractivity contribution < 1.29 is 13.2 Å². The fraction of sp³-hybridized carbons (Fsp3) is 0.0909. The second kappa shape index (κ2) is 7.82. The quantitative estimate of drug-likeness (QED) is 0.661. The number of amides is 1. The molecule has 1 N–H and O–H groups in total. The maximum absolute atomic E-state index is 13.3. The molecule has 6 nitrogen and oxygen atoms in total. The molecule has 0 spiro atoms. The summed E-state index contributed by atoms with van der Waals surface area (Å²) < 4.78 is 27.9. The standard InChI is InChI=1S/C22H16ClN3O3S/c23-19-10-7-17(22(27)25-18-8-5-15(14-24)6-9-18)13-21(19)30(28,29)26-12-11-16-3-1-2-4-20(16)26/h1-10,13H,11-12H2,(H,25,27). The fourth-order valence-corrected chi connectivity index (χ4v) is 5.36. The second-order valence-corrected chi connectivity index (χ2v) is 8.98. The second-order valence-electron chi connectivity index (χ2n) is 6.74. The number of nitriles is 1. The number of nitrogens with one attached hydrogen (secondary N) is 1. The molecule has 0 saturated carbocycles. The van der Waals surface area contributed by atoms with Crippen LogP contribution in [0.25, 0.3) is 0 Å².